The predicted octanol–water partition coefficient (Wildman–Crippen LogP) is 0.669. The maximum atomic E-state index is 12.5. The first kappa shape index (κ1) is 17.7. The lowest BCUT2D eigenvalue weighted by Gasteiger charge is -2.18. The van der Waals surface area contributed by atoms with Crippen molar-refractivity contribution in [2.24, 2.45) is 5.73 Å². The van der Waals surface area contributed by atoms with E-state index in [0.29, 0.717) is 36.4 Å². The minimum Gasteiger partial charge on any atom is -0.465 e. The van der Waals surface area contributed by atoms with Gasteiger partial charge in [-0.15, -0.1) is 23.7 Å². The fourth-order valence-corrected chi connectivity index (χ4v) is 3.37. The number of esters is 1. The Balaban J connectivity index is 0.00000192. The Kier molecular flexibility index (Phi) is 4.98. The highest BCUT2D eigenvalue weighted by atomic mass is 35.5. The molecule has 0 spiro atoms. The van der Waals surface area contributed by atoms with Crippen molar-refractivity contribution < 1.29 is 19.1 Å². The van der Waals surface area contributed by atoms with Crippen LogP contribution in [-0.4, -0.2) is 43.0 Å². The molecule has 1 aliphatic carbocycles. The summed E-state index contributed by atoms with van der Waals surface area (Å²) in [7, 11) is 1.30. The van der Waals surface area contributed by atoms with Crippen LogP contribution in [0, 0.1) is 0 Å². The molecule has 2 amide bonds. The average molecular weight is 360 g/mol. The van der Waals surface area contributed by atoms with Gasteiger partial charge < -0.3 is 20.7 Å². The quantitative estimate of drug-likeness (QED) is 0.769. The summed E-state index contributed by atoms with van der Waals surface area (Å²) in [5.74, 6) is -0.965. The lowest BCUT2D eigenvalue weighted by molar-refractivity contribution is -0.127. The third-order valence-electron chi connectivity index (χ3n) is 4.05. The molecule has 23 heavy (non-hydrogen) atoms. The van der Waals surface area contributed by atoms with E-state index in [1.54, 1.807) is 11.4 Å². The average Bonchev–Trinajstić information content (AvgIpc) is 2.94. The number of nitrogens with one attached hydrogen (secondary N) is 1. The summed E-state index contributed by atoms with van der Waals surface area (Å²) < 4.78 is 4.72. The van der Waals surface area contributed by atoms with E-state index in [0.717, 1.165) is 0 Å². The number of anilines is 1. The lowest BCUT2D eigenvalue weighted by Crippen LogP contribution is -2.49. The lowest BCUT2D eigenvalue weighted by atomic mass is 10.2. The minimum absolute atomic E-state index is 0. The van der Waals surface area contributed by atoms with E-state index < -0.39 is 17.6 Å². The number of rotatable bonds is 4. The van der Waals surface area contributed by atoms with E-state index in [1.807, 2.05) is 0 Å². The van der Waals surface area contributed by atoms with Gasteiger partial charge in [0.2, 0.25) is 11.8 Å². The standard InChI is InChI=1S/C14H17N3O4S.ClH/c1-21-12(19)8-3-7-22-11(8)17-6-2-9(10(17)18)16-13(20)14(15)4-5-14;/h3,7,9H,2,4-6,15H2,1H3,(H,16,20);1H. The van der Waals surface area contributed by atoms with Crippen LogP contribution in [-0.2, 0) is 14.3 Å². The number of hydrogen-bond donors (Lipinski definition) is 2. The van der Waals surface area contributed by atoms with Crippen LogP contribution in [0.4, 0.5) is 5.00 Å². The molecular formula is C14H18ClN3O4S. The molecule has 3 N–H and O–H groups in total. The SMILES string of the molecule is COC(=O)c1ccsc1N1CCC(NC(=O)C2(N)CC2)C1=O.Cl. The number of nitrogens with two attached hydrogens (primary N) is 1. The van der Waals surface area contributed by atoms with Crippen LogP contribution in [0.3, 0.4) is 0 Å². The Morgan fingerprint density at radius 3 is 2.78 bits per heavy atom. The summed E-state index contributed by atoms with van der Waals surface area (Å²) >= 11 is 1.30. The molecule has 126 valence electrons. The van der Waals surface area contributed by atoms with Gasteiger partial charge in [-0.05, 0) is 30.7 Å². The van der Waals surface area contributed by atoms with Crippen molar-refractivity contribution in [3.63, 3.8) is 0 Å². The van der Waals surface area contributed by atoms with Gasteiger partial charge in [0.1, 0.15) is 11.0 Å². The van der Waals surface area contributed by atoms with Gasteiger partial charge in [0.05, 0.1) is 18.2 Å². The van der Waals surface area contributed by atoms with Crippen LogP contribution >= 0.6 is 23.7 Å². The second-order valence-electron chi connectivity index (χ2n) is 5.59. The van der Waals surface area contributed by atoms with Gasteiger partial charge in [0, 0.05) is 6.54 Å². The first-order valence-electron chi connectivity index (χ1n) is 7.03. The first-order chi connectivity index (χ1) is 10.5. The number of hydrogen-bond acceptors (Lipinski definition) is 6. The second kappa shape index (κ2) is 6.46. The third-order valence-corrected chi connectivity index (χ3v) is 4.98. The molecule has 3 rings (SSSR count). The van der Waals surface area contributed by atoms with Crippen molar-refractivity contribution in [3.05, 3.63) is 17.0 Å². The molecule has 7 nitrogen and oxygen atoms in total. The first-order valence-corrected chi connectivity index (χ1v) is 7.91. The molecule has 9 heteroatoms. The van der Waals surface area contributed by atoms with E-state index >= 15 is 0 Å². The molecule has 0 bridgehead atoms. The smallest absolute Gasteiger partial charge is 0.340 e. The minimum atomic E-state index is -0.798. The molecular weight excluding hydrogens is 342 g/mol. The number of carbonyl (C=O) groups excluding carboxylic acids is 3. The predicted molar refractivity (Wildman–Crippen MR) is 88.0 cm³/mol. The van der Waals surface area contributed by atoms with Gasteiger partial charge in [-0.3, -0.25) is 9.59 Å². The van der Waals surface area contributed by atoms with Gasteiger partial charge in [-0.1, -0.05) is 0 Å². The fraction of sp³-hybridized carbons (Fsp3) is 0.500. The number of thiophene rings is 1. The highest BCUT2D eigenvalue weighted by Crippen LogP contribution is 2.34. The highest BCUT2D eigenvalue weighted by molar-refractivity contribution is 7.14. The molecule has 0 aromatic carbocycles. The highest BCUT2D eigenvalue weighted by Gasteiger charge is 2.48. The van der Waals surface area contributed by atoms with Gasteiger partial charge >= 0.3 is 5.97 Å². The summed E-state index contributed by atoms with van der Waals surface area (Å²) in [5, 5.41) is 5.01. The Morgan fingerprint density at radius 2 is 2.17 bits per heavy atom. The molecule has 1 aromatic heterocycles. The number of ether oxygens (including phenoxy) is 1. The van der Waals surface area contributed by atoms with Crippen LogP contribution in [0.15, 0.2) is 11.4 Å². The van der Waals surface area contributed by atoms with E-state index in [9.17, 15) is 14.4 Å². The van der Waals surface area contributed by atoms with E-state index in [4.69, 9.17) is 10.5 Å². The molecule has 1 aliphatic heterocycles. The van der Waals surface area contributed by atoms with E-state index in [1.165, 1.54) is 23.3 Å². The summed E-state index contributed by atoms with van der Waals surface area (Å²) in [6.07, 6.45) is 1.81. The fourth-order valence-electron chi connectivity index (χ4n) is 2.45. The van der Waals surface area contributed by atoms with Gasteiger partial charge in [0.25, 0.3) is 0 Å². The molecule has 0 radical (unpaired) electrons. The zero-order valence-corrected chi connectivity index (χ0v) is 14.2. The maximum absolute atomic E-state index is 12.5. The van der Waals surface area contributed by atoms with Gasteiger partial charge in [0.15, 0.2) is 0 Å². The Hall–Kier alpha value is -1.64. The maximum Gasteiger partial charge on any atom is 0.340 e. The zero-order valence-electron chi connectivity index (χ0n) is 12.5. The van der Waals surface area contributed by atoms with Crippen LogP contribution in [0.1, 0.15) is 29.6 Å². The molecule has 1 saturated carbocycles. The Morgan fingerprint density at radius 1 is 1.48 bits per heavy atom. The number of nitrogens with zero attached hydrogens (tertiary/aromatic N) is 1. The van der Waals surface area contributed by atoms with Gasteiger partial charge in [-0.25, -0.2) is 4.79 Å². The Bertz CT molecular complexity index is 644. The summed E-state index contributed by atoms with van der Waals surface area (Å²) in [6.45, 7) is 0.450. The topological polar surface area (TPSA) is 102 Å². The normalized spacial score (nSPS) is 21.6. The van der Waals surface area contributed by atoms with Crippen molar-refractivity contribution >= 4 is 46.5 Å². The molecule has 1 unspecified atom stereocenters. The van der Waals surface area contributed by atoms with Gasteiger partial charge in [-0.2, -0.15) is 0 Å². The van der Waals surface area contributed by atoms with Crippen molar-refractivity contribution in [2.45, 2.75) is 30.8 Å². The molecule has 2 heterocycles. The van der Waals surface area contributed by atoms with Crippen LogP contribution < -0.4 is 16.0 Å². The second-order valence-corrected chi connectivity index (χ2v) is 6.49. The number of halogens is 1. The molecule has 2 aliphatic rings. The van der Waals surface area contributed by atoms with E-state index in [2.05, 4.69) is 5.32 Å². The molecule has 2 fully saturated rings. The number of carbonyl (C=O) groups is 3. The monoisotopic (exact) mass is 359 g/mol. The van der Waals surface area contributed by atoms with Crippen LogP contribution in [0.2, 0.25) is 0 Å². The van der Waals surface area contributed by atoms with Crippen molar-refractivity contribution in [2.75, 3.05) is 18.6 Å². The summed E-state index contributed by atoms with van der Waals surface area (Å²) in [6, 6.07) is 1.05. The summed E-state index contributed by atoms with van der Waals surface area (Å²) in [5.41, 5.74) is 5.40. The van der Waals surface area contributed by atoms with Crippen molar-refractivity contribution in [1.82, 2.24) is 5.32 Å². The number of methoxy groups -OCH3 is 1. The number of amides is 2. The molecule has 1 atom stereocenters. The van der Waals surface area contributed by atoms with Crippen molar-refractivity contribution in [3.8, 4) is 0 Å². The largest absolute Gasteiger partial charge is 0.465 e. The molecule has 1 aromatic rings. The summed E-state index contributed by atoms with van der Waals surface area (Å²) in [4.78, 5) is 37.7. The van der Waals surface area contributed by atoms with Crippen LogP contribution in [0.5, 0.6) is 0 Å². The molecule has 1 saturated heterocycles. The van der Waals surface area contributed by atoms with E-state index in [-0.39, 0.29) is 24.2 Å². The van der Waals surface area contributed by atoms with Crippen LogP contribution in [0.25, 0.3) is 0 Å². The van der Waals surface area contributed by atoms with Crippen molar-refractivity contribution in [1.29, 1.82) is 0 Å². The third kappa shape index (κ3) is 3.19. The zero-order chi connectivity index (χ0) is 15.9. The Labute approximate surface area is 143 Å².